The normalized spacial score (nSPS) is 11.9. The number of carboxylic acid groups (broad SMARTS) is 1. The molecule has 5 heteroatoms. The van der Waals surface area contributed by atoms with Gasteiger partial charge >= 0.3 is 5.97 Å². The fourth-order valence-electron chi connectivity index (χ4n) is 1.56. The Bertz CT molecular complexity index is 432. The van der Waals surface area contributed by atoms with Crippen LogP contribution in [0.1, 0.15) is 36.5 Å². The molecule has 0 bridgehead atoms. The van der Waals surface area contributed by atoms with E-state index in [1.165, 1.54) is 6.07 Å². The van der Waals surface area contributed by atoms with Crippen LogP contribution in [0.4, 0.5) is 5.69 Å². The van der Waals surface area contributed by atoms with Crippen molar-refractivity contribution < 1.29 is 14.7 Å². The summed E-state index contributed by atoms with van der Waals surface area (Å²) in [6, 6.07) is 5.66. The molecule has 0 aliphatic rings. The zero-order valence-electron chi connectivity index (χ0n) is 10.3. The van der Waals surface area contributed by atoms with Gasteiger partial charge in [-0.25, -0.2) is 4.79 Å². The summed E-state index contributed by atoms with van der Waals surface area (Å²) in [5, 5.41) is 11.5. The highest BCUT2D eigenvalue weighted by molar-refractivity contribution is 6.02. The molecule has 1 amide bonds. The summed E-state index contributed by atoms with van der Waals surface area (Å²) < 4.78 is 0. The molecule has 0 heterocycles. The number of aromatic carboxylic acids is 1. The first-order valence-corrected chi connectivity index (χ1v) is 5.95. The van der Waals surface area contributed by atoms with Gasteiger partial charge in [-0.2, -0.15) is 0 Å². The minimum absolute atomic E-state index is 0.0635. The second-order valence-electron chi connectivity index (χ2n) is 4.09. The van der Waals surface area contributed by atoms with Gasteiger partial charge in [0.05, 0.1) is 17.3 Å². The molecule has 1 rings (SSSR count). The van der Waals surface area contributed by atoms with Crippen LogP contribution in [0.25, 0.3) is 0 Å². The molecular weight excluding hydrogens is 232 g/mol. The van der Waals surface area contributed by atoms with Crippen LogP contribution in [0.2, 0.25) is 0 Å². The largest absolute Gasteiger partial charge is 0.478 e. The number of benzene rings is 1. The number of hydrogen-bond acceptors (Lipinski definition) is 3. The van der Waals surface area contributed by atoms with Crippen LogP contribution >= 0.6 is 0 Å². The summed E-state index contributed by atoms with van der Waals surface area (Å²) in [7, 11) is 0. The molecule has 5 nitrogen and oxygen atoms in total. The van der Waals surface area contributed by atoms with E-state index in [1.807, 2.05) is 6.92 Å². The maximum atomic E-state index is 11.8. The van der Waals surface area contributed by atoms with Gasteiger partial charge in [-0.15, -0.1) is 0 Å². The maximum absolute atomic E-state index is 11.8. The van der Waals surface area contributed by atoms with Crippen LogP contribution in [-0.2, 0) is 4.79 Å². The van der Waals surface area contributed by atoms with Crippen molar-refractivity contribution in [2.45, 2.75) is 32.2 Å². The topological polar surface area (TPSA) is 92.4 Å². The first kappa shape index (κ1) is 14.2. The molecule has 0 saturated carbocycles. The number of carbonyl (C=O) groups is 2. The summed E-state index contributed by atoms with van der Waals surface area (Å²) in [4.78, 5) is 22.7. The quantitative estimate of drug-likeness (QED) is 0.718. The van der Waals surface area contributed by atoms with Crippen molar-refractivity contribution in [3.63, 3.8) is 0 Å². The first-order valence-electron chi connectivity index (χ1n) is 5.95. The number of amides is 1. The molecule has 0 aromatic heterocycles. The van der Waals surface area contributed by atoms with E-state index >= 15 is 0 Å². The van der Waals surface area contributed by atoms with Crippen molar-refractivity contribution in [2.75, 3.05) is 5.32 Å². The molecule has 0 saturated heterocycles. The SMILES string of the molecule is CCCCC(N)C(=O)Nc1ccccc1C(=O)O. The summed E-state index contributed by atoms with van der Waals surface area (Å²) in [6.07, 6.45) is 2.43. The molecular formula is C13H18N2O3. The Labute approximate surface area is 106 Å². The third-order valence-corrected chi connectivity index (χ3v) is 2.62. The van der Waals surface area contributed by atoms with Crippen molar-refractivity contribution in [1.29, 1.82) is 0 Å². The average molecular weight is 250 g/mol. The Balaban J connectivity index is 2.72. The smallest absolute Gasteiger partial charge is 0.337 e. The van der Waals surface area contributed by atoms with Gasteiger partial charge < -0.3 is 16.2 Å². The summed E-state index contributed by atoms with van der Waals surface area (Å²) in [6.45, 7) is 2.02. The summed E-state index contributed by atoms with van der Waals surface area (Å²) >= 11 is 0. The third kappa shape index (κ3) is 3.85. The predicted octanol–water partition coefficient (Wildman–Crippen LogP) is 1.84. The lowest BCUT2D eigenvalue weighted by Crippen LogP contribution is -2.35. The molecule has 1 unspecified atom stereocenters. The number of nitrogens with one attached hydrogen (secondary N) is 1. The van der Waals surface area contributed by atoms with Gasteiger partial charge in [-0.3, -0.25) is 4.79 Å². The first-order chi connectivity index (χ1) is 8.56. The van der Waals surface area contributed by atoms with Crippen LogP contribution in [0, 0.1) is 0 Å². The highest BCUT2D eigenvalue weighted by atomic mass is 16.4. The lowest BCUT2D eigenvalue weighted by molar-refractivity contribution is -0.117. The van der Waals surface area contributed by atoms with Gasteiger partial charge in [0.25, 0.3) is 0 Å². The van der Waals surface area contributed by atoms with Crippen molar-refractivity contribution in [2.24, 2.45) is 5.73 Å². The molecule has 0 spiro atoms. The average Bonchev–Trinajstić information content (AvgIpc) is 2.36. The minimum atomic E-state index is -1.08. The number of hydrogen-bond donors (Lipinski definition) is 3. The number of carbonyl (C=O) groups excluding carboxylic acids is 1. The fourth-order valence-corrected chi connectivity index (χ4v) is 1.56. The Morgan fingerprint density at radius 1 is 1.39 bits per heavy atom. The van der Waals surface area contributed by atoms with E-state index in [4.69, 9.17) is 10.8 Å². The van der Waals surface area contributed by atoms with Crippen LogP contribution in [-0.4, -0.2) is 23.0 Å². The van der Waals surface area contributed by atoms with E-state index in [-0.39, 0.29) is 17.2 Å². The third-order valence-electron chi connectivity index (χ3n) is 2.62. The second kappa shape index (κ2) is 6.76. The van der Waals surface area contributed by atoms with Gasteiger partial charge in [-0.1, -0.05) is 31.9 Å². The van der Waals surface area contributed by atoms with Crippen molar-refractivity contribution in [1.82, 2.24) is 0 Å². The van der Waals surface area contributed by atoms with Gasteiger partial charge in [0.2, 0.25) is 5.91 Å². The molecule has 0 fully saturated rings. The number of anilines is 1. The Morgan fingerprint density at radius 2 is 2.06 bits per heavy atom. The van der Waals surface area contributed by atoms with Crippen molar-refractivity contribution in [3.8, 4) is 0 Å². The molecule has 0 radical (unpaired) electrons. The molecule has 0 aliphatic carbocycles. The van der Waals surface area contributed by atoms with Gasteiger partial charge in [-0.05, 0) is 18.6 Å². The number of nitrogens with two attached hydrogens (primary N) is 1. The van der Waals surface area contributed by atoms with Gasteiger partial charge in [0.1, 0.15) is 0 Å². The fraction of sp³-hybridized carbons (Fsp3) is 0.385. The van der Waals surface area contributed by atoms with E-state index in [2.05, 4.69) is 5.32 Å². The van der Waals surface area contributed by atoms with Gasteiger partial charge in [0, 0.05) is 0 Å². The number of carboxylic acids is 1. The molecule has 18 heavy (non-hydrogen) atoms. The van der Waals surface area contributed by atoms with Crippen LogP contribution < -0.4 is 11.1 Å². The summed E-state index contributed by atoms with van der Waals surface area (Å²) in [5.74, 6) is -1.43. The molecule has 1 aromatic carbocycles. The lowest BCUT2D eigenvalue weighted by atomic mass is 10.1. The Hall–Kier alpha value is -1.88. The Kier molecular flexibility index (Phi) is 5.32. The second-order valence-corrected chi connectivity index (χ2v) is 4.09. The number of para-hydroxylation sites is 1. The molecule has 0 aliphatic heterocycles. The molecule has 1 atom stereocenters. The standard InChI is InChI=1S/C13H18N2O3/c1-2-3-7-10(14)12(16)15-11-8-5-4-6-9(11)13(17)18/h4-6,8,10H,2-3,7,14H2,1H3,(H,15,16)(H,17,18). The molecule has 98 valence electrons. The monoisotopic (exact) mass is 250 g/mol. The zero-order valence-corrected chi connectivity index (χ0v) is 10.3. The maximum Gasteiger partial charge on any atom is 0.337 e. The summed E-state index contributed by atoms with van der Waals surface area (Å²) in [5.41, 5.74) is 6.06. The number of rotatable bonds is 6. The van der Waals surface area contributed by atoms with E-state index < -0.39 is 12.0 Å². The van der Waals surface area contributed by atoms with Crippen molar-refractivity contribution in [3.05, 3.63) is 29.8 Å². The molecule has 4 N–H and O–H groups in total. The Morgan fingerprint density at radius 3 is 2.67 bits per heavy atom. The van der Waals surface area contributed by atoms with E-state index in [0.717, 1.165) is 12.8 Å². The van der Waals surface area contributed by atoms with E-state index in [9.17, 15) is 9.59 Å². The zero-order chi connectivity index (χ0) is 13.5. The van der Waals surface area contributed by atoms with Crippen LogP contribution in [0.5, 0.6) is 0 Å². The molecule has 1 aromatic rings. The van der Waals surface area contributed by atoms with Gasteiger partial charge in [0.15, 0.2) is 0 Å². The predicted molar refractivity (Wildman–Crippen MR) is 69.5 cm³/mol. The van der Waals surface area contributed by atoms with Crippen LogP contribution in [0.3, 0.4) is 0 Å². The lowest BCUT2D eigenvalue weighted by Gasteiger charge is -2.13. The highest BCUT2D eigenvalue weighted by Gasteiger charge is 2.16. The number of unbranched alkanes of at least 4 members (excludes halogenated alkanes) is 1. The van der Waals surface area contributed by atoms with Crippen molar-refractivity contribution >= 4 is 17.6 Å². The van der Waals surface area contributed by atoms with E-state index in [1.54, 1.807) is 18.2 Å². The van der Waals surface area contributed by atoms with E-state index in [0.29, 0.717) is 6.42 Å². The van der Waals surface area contributed by atoms with Crippen LogP contribution in [0.15, 0.2) is 24.3 Å². The highest BCUT2D eigenvalue weighted by Crippen LogP contribution is 2.15. The minimum Gasteiger partial charge on any atom is -0.478 e.